The second kappa shape index (κ2) is 6.71. The number of hydrogen-bond acceptors (Lipinski definition) is 2. The van der Waals surface area contributed by atoms with Crippen LogP contribution in [0.15, 0.2) is 55.0 Å². The summed E-state index contributed by atoms with van der Waals surface area (Å²) in [4.78, 5) is 16.6. The third kappa shape index (κ3) is 3.38. The summed E-state index contributed by atoms with van der Waals surface area (Å²) in [6.45, 7) is 4.65. The molecule has 4 heteroatoms. The molecule has 1 amide bonds. The first-order chi connectivity index (χ1) is 11.5. The van der Waals surface area contributed by atoms with Crippen LogP contribution in [-0.2, 0) is 13.6 Å². The number of aryl methyl sites for hydroxylation is 3. The molecule has 0 spiro atoms. The van der Waals surface area contributed by atoms with Crippen LogP contribution in [0.25, 0.3) is 11.1 Å². The van der Waals surface area contributed by atoms with Gasteiger partial charge in [0.1, 0.15) is 5.69 Å². The fraction of sp³-hybridized carbons (Fsp3) is 0.200. The molecule has 0 aliphatic heterocycles. The topological polar surface area (TPSA) is 46.9 Å². The Balaban J connectivity index is 1.76. The predicted molar refractivity (Wildman–Crippen MR) is 95.7 cm³/mol. The van der Waals surface area contributed by atoms with E-state index in [0.717, 1.165) is 16.7 Å². The van der Waals surface area contributed by atoms with Gasteiger partial charge in [0.05, 0.1) is 0 Å². The van der Waals surface area contributed by atoms with E-state index < -0.39 is 0 Å². The molecule has 0 saturated carbocycles. The van der Waals surface area contributed by atoms with Gasteiger partial charge in [0, 0.05) is 37.7 Å². The lowest BCUT2D eigenvalue weighted by molar-refractivity contribution is 0.0943. The number of rotatable bonds is 4. The van der Waals surface area contributed by atoms with Gasteiger partial charge < -0.3 is 9.88 Å². The van der Waals surface area contributed by atoms with E-state index in [0.29, 0.717) is 12.2 Å². The number of aromatic nitrogens is 2. The summed E-state index contributed by atoms with van der Waals surface area (Å²) < 4.78 is 1.86. The van der Waals surface area contributed by atoms with Crippen LogP contribution in [0.5, 0.6) is 0 Å². The number of benzene rings is 1. The van der Waals surface area contributed by atoms with Gasteiger partial charge in [0.2, 0.25) is 0 Å². The fourth-order valence-corrected chi connectivity index (χ4v) is 2.75. The Morgan fingerprint density at radius 1 is 1.08 bits per heavy atom. The molecule has 3 aromatic rings. The smallest absolute Gasteiger partial charge is 0.268 e. The van der Waals surface area contributed by atoms with Crippen molar-refractivity contribution < 1.29 is 4.79 Å². The molecule has 0 fully saturated rings. The maximum Gasteiger partial charge on any atom is 0.268 e. The van der Waals surface area contributed by atoms with Gasteiger partial charge in [0.25, 0.3) is 5.91 Å². The molecule has 1 N–H and O–H groups in total. The molecule has 0 bridgehead atoms. The van der Waals surface area contributed by atoms with Crippen molar-refractivity contribution in [3.8, 4) is 11.1 Å². The number of nitrogens with zero attached hydrogens (tertiary/aromatic N) is 2. The zero-order valence-electron chi connectivity index (χ0n) is 14.2. The van der Waals surface area contributed by atoms with Crippen molar-refractivity contribution in [3.05, 3.63) is 77.4 Å². The van der Waals surface area contributed by atoms with Gasteiger partial charge in [-0.15, -0.1) is 0 Å². The van der Waals surface area contributed by atoms with Gasteiger partial charge in [-0.1, -0.05) is 23.8 Å². The van der Waals surface area contributed by atoms with Crippen LogP contribution in [-0.4, -0.2) is 15.5 Å². The third-order valence-electron chi connectivity index (χ3n) is 4.20. The van der Waals surface area contributed by atoms with Crippen molar-refractivity contribution in [1.82, 2.24) is 14.9 Å². The summed E-state index contributed by atoms with van der Waals surface area (Å²) in [5.41, 5.74) is 6.24. The molecule has 2 aromatic heterocycles. The molecule has 2 heterocycles. The number of carbonyl (C=O) groups excluding carboxylic acids is 1. The molecule has 0 aliphatic carbocycles. The van der Waals surface area contributed by atoms with Crippen LogP contribution in [0.2, 0.25) is 0 Å². The van der Waals surface area contributed by atoms with Crippen LogP contribution in [0.1, 0.15) is 27.2 Å². The monoisotopic (exact) mass is 319 g/mol. The Bertz CT molecular complexity index is 866. The number of amides is 1. The molecule has 0 unspecified atom stereocenters. The fourth-order valence-electron chi connectivity index (χ4n) is 2.75. The lowest BCUT2D eigenvalue weighted by Crippen LogP contribution is -2.25. The van der Waals surface area contributed by atoms with E-state index >= 15 is 0 Å². The summed E-state index contributed by atoms with van der Waals surface area (Å²) in [6.07, 6.45) is 5.47. The van der Waals surface area contributed by atoms with Gasteiger partial charge in [-0.25, -0.2) is 0 Å². The average molecular weight is 319 g/mol. The lowest BCUT2D eigenvalue weighted by atomic mass is 10.1. The molecule has 3 rings (SSSR count). The molecule has 0 saturated heterocycles. The summed E-state index contributed by atoms with van der Waals surface area (Å²) in [5, 5.41) is 3.02. The van der Waals surface area contributed by atoms with Gasteiger partial charge in [-0.3, -0.25) is 9.78 Å². The third-order valence-corrected chi connectivity index (χ3v) is 4.20. The van der Waals surface area contributed by atoms with Gasteiger partial charge in [0.15, 0.2) is 0 Å². The van der Waals surface area contributed by atoms with E-state index in [-0.39, 0.29) is 5.91 Å². The Morgan fingerprint density at radius 2 is 1.83 bits per heavy atom. The molecule has 0 aliphatic rings. The van der Waals surface area contributed by atoms with Gasteiger partial charge in [-0.05, 0) is 48.7 Å². The van der Waals surface area contributed by atoms with Crippen LogP contribution in [0.4, 0.5) is 0 Å². The molecule has 1 aromatic carbocycles. The highest BCUT2D eigenvalue weighted by atomic mass is 16.1. The largest absolute Gasteiger partial charge is 0.347 e. The van der Waals surface area contributed by atoms with E-state index in [1.165, 1.54) is 11.1 Å². The van der Waals surface area contributed by atoms with Crippen LogP contribution in [0.3, 0.4) is 0 Å². The average Bonchev–Trinajstić information content (AvgIpc) is 2.98. The molecule has 0 atom stereocenters. The highest BCUT2D eigenvalue weighted by Crippen LogP contribution is 2.21. The minimum Gasteiger partial charge on any atom is -0.347 e. The van der Waals surface area contributed by atoms with Crippen LogP contribution < -0.4 is 5.32 Å². The standard InChI is InChI=1S/C20H21N3O/c1-14-4-5-15(2)17(10-14)12-22-20(24)19-11-18(13-23(19)3)16-6-8-21-9-7-16/h4-11,13H,12H2,1-3H3,(H,22,24). The summed E-state index contributed by atoms with van der Waals surface area (Å²) >= 11 is 0. The second-order valence-electron chi connectivity index (χ2n) is 6.07. The van der Waals surface area contributed by atoms with E-state index in [1.54, 1.807) is 12.4 Å². The summed E-state index contributed by atoms with van der Waals surface area (Å²) in [6, 6.07) is 12.1. The van der Waals surface area contributed by atoms with E-state index in [2.05, 4.69) is 42.3 Å². The SMILES string of the molecule is Cc1ccc(C)c(CNC(=O)c2cc(-c3ccncc3)cn2C)c1. The first-order valence-electron chi connectivity index (χ1n) is 7.95. The molecule has 0 radical (unpaired) electrons. The zero-order valence-corrected chi connectivity index (χ0v) is 14.2. The Kier molecular flexibility index (Phi) is 4.47. The first-order valence-corrected chi connectivity index (χ1v) is 7.95. The summed E-state index contributed by atoms with van der Waals surface area (Å²) in [5.74, 6) is -0.0706. The molecule has 24 heavy (non-hydrogen) atoms. The zero-order chi connectivity index (χ0) is 17.1. The first kappa shape index (κ1) is 16.0. The van der Waals surface area contributed by atoms with Crippen molar-refractivity contribution in [2.24, 2.45) is 7.05 Å². The van der Waals surface area contributed by atoms with Gasteiger partial charge >= 0.3 is 0 Å². The number of carbonyl (C=O) groups is 1. The number of nitrogens with one attached hydrogen (secondary N) is 1. The maximum atomic E-state index is 12.5. The Morgan fingerprint density at radius 3 is 2.58 bits per heavy atom. The summed E-state index contributed by atoms with van der Waals surface area (Å²) in [7, 11) is 1.89. The van der Waals surface area contributed by atoms with Crippen LogP contribution in [0, 0.1) is 13.8 Å². The Hall–Kier alpha value is -2.88. The number of pyridine rings is 1. The van der Waals surface area contributed by atoms with Crippen LogP contribution >= 0.6 is 0 Å². The minimum atomic E-state index is -0.0706. The quantitative estimate of drug-likeness (QED) is 0.798. The predicted octanol–water partition coefficient (Wildman–Crippen LogP) is 3.63. The Labute approximate surface area is 142 Å². The second-order valence-corrected chi connectivity index (χ2v) is 6.07. The van der Waals surface area contributed by atoms with Crippen molar-refractivity contribution in [1.29, 1.82) is 0 Å². The normalized spacial score (nSPS) is 10.6. The molecular formula is C20H21N3O. The van der Waals surface area contributed by atoms with E-state index in [9.17, 15) is 4.79 Å². The van der Waals surface area contributed by atoms with Crippen molar-refractivity contribution in [2.45, 2.75) is 20.4 Å². The van der Waals surface area contributed by atoms with E-state index in [1.807, 2.05) is 36.0 Å². The van der Waals surface area contributed by atoms with Crippen molar-refractivity contribution >= 4 is 5.91 Å². The molecular weight excluding hydrogens is 298 g/mol. The molecule has 4 nitrogen and oxygen atoms in total. The van der Waals surface area contributed by atoms with Crippen molar-refractivity contribution in [2.75, 3.05) is 0 Å². The number of hydrogen-bond donors (Lipinski definition) is 1. The minimum absolute atomic E-state index is 0.0706. The van der Waals surface area contributed by atoms with Crippen molar-refractivity contribution in [3.63, 3.8) is 0 Å². The highest BCUT2D eigenvalue weighted by Gasteiger charge is 2.13. The van der Waals surface area contributed by atoms with E-state index in [4.69, 9.17) is 0 Å². The lowest BCUT2D eigenvalue weighted by Gasteiger charge is -2.09. The molecule has 122 valence electrons. The van der Waals surface area contributed by atoms with Gasteiger partial charge in [-0.2, -0.15) is 0 Å². The maximum absolute atomic E-state index is 12.5. The highest BCUT2D eigenvalue weighted by molar-refractivity contribution is 5.94.